The lowest BCUT2D eigenvalue weighted by atomic mass is 10.1. The lowest BCUT2D eigenvalue weighted by molar-refractivity contribution is -0.131. The first-order valence-corrected chi connectivity index (χ1v) is 7.65. The molecule has 0 radical (unpaired) electrons. The first kappa shape index (κ1) is 17.3. The van der Waals surface area contributed by atoms with E-state index >= 15 is 0 Å². The standard InChI is InChI=1S/C17H24N2O4/c1-10-6-7-11(2)14(12(10)3)23-9-13(20)8-19-15(21)17(4,5)18-16(19)22/h6-7,13,20H,8-9H2,1-5H3,(H,18,22). The lowest BCUT2D eigenvalue weighted by Crippen LogP contribution is -2.42. The fraction of sp³-hybridized carbons (Fsp3) is 0.529. The van der Waals surface area contributed by atoms with Gasteiger partial charge in [-0.2, -0.15) is 0 Å². The van der Waals surface area contributed by atoms with Crippen LogP contribution < -0.4 is 10.1 Å². The van der Waals surface area contributed by atoms with E-state index in [9.17, 15) is 14.7 Å². The molecule has 1 aliphatic heterocycles. The maximum Gasteiger partial charge on any atom is 0.325 e. The molecule has 1 unspecified atom stereocenters. The Morgan fingerprint density at radius 1 is 1.22 bits per heavy atom. The fourth-order valence-corrected chi connectivity index (χ4v) is 2.57. The van der Waals surface area contributed by atoms with E-state index in [4.69, 9.17) is 4.74 Å². The maximum atomic E-state index is 12.1. The molecule has 2 rings (SSSR count). The van der Waals surface area contributed by atoms with Crippen molar-refractivity contribution in [3.8, 4) is 5.75 Å². The molecule has 23 heavy (non-hydrogen) atoms. The van der Waals surface area contributed by atoms with E-state index in [0.29, 0.717) is 0 Å². The molecule has 0 spiro atoms. The van der Waals surface area contributed by atoms with Crippen molar-refractivity contribution in [3.63, 3.8) is 0 Å². The van der Waals surface area contributed by atoms with Crippen molar-refractivity contribution in [2.24, 2.45) is 0 Å². The van der Waals surface area contributed by atoms with Crippen LogP contribution in [-0.2, 0) is 4.79 Å². The summed E-state index contributed by atoms with van der Waals surface area (Å²) in [6.45, 7) is 9.09. The molecule has 3 amide bonds. The third-order valence-electron chi connectivity index (χ3n) is 4.13. The van der Waals surface area contributed by atoms with Crippen LogP contribution in [0.2, 0.25) is 0 Å². The quantitative estimate of drug-likeness (QED) is 0.809. The van der Waals surface area contributed by atoms with Crippen LogP contribution in [0.5, 0.6) is 5.75 Å². The summed E-state index contributed by atoms with van der Waals surface area (Å²) < 4.78 is 5.72. The number of β-amino-alcohol motifs (C(OH)–C–C–N with tert-alkyl or cyclic N) is 1. The number of urea groups is 1. The van der Waals surface area contributed by atoms with Crippen LogP contribution in [0.25, 0.3) is 0 Å². The molecule has 1 atom stereocenters. The Balaban J connectivity index is 1.99. The summed E-state index contributed by atoms with van der Waals surface area (Å²) in [7, 11) is 0. The molecule has 0 bridgehead atoms. The van der Waals surface area contributed by atoms with Crippen molar-refractivity contribution in [3.05, 3.63) is 28.8 Å². The number of nitrogens with one attached hydrogen (secondary N) is 1. The highest BCUT2D eigenvalue weighted by molar-refractivity contribution is 6.06. The van der Waals surface area contributed by atoms with E-state index in [0.717, 1.165) is 27.3 Å². The molecule has 6 heteroatoms. The molecule has 1 aliphatic rings. The Labute approximate surface area is 136 Å². The molecule has 2 N–H and O–H groups in total. The van der Waals surface area contributed by atoms with Crippen LogP contribution in [-0.4, -0.2) is 46.7 Å². The number of nitrogens with zero attached hydrogens (tertiary/aromatic N) is 1. The highest BCUT2D eigenvalue weighted by Crippen LogP contribution is 2.26. The number of carbonyl (C=O) groups is 2. The summed E-state index contributed by atoms with van der Waals surface area (Å²) in [5, 5.41) is 12.7. The minimum absolute atomic E-state index is 0.0165. The Bertz CT molecular complexity index is 640. The molecule has 1 fully saturated rings. The average Bonchev–Trinajstić information content (AvgIpc) is 2.65. The molecule has 1 saturated heterocycles. The SMILES string of the molecule is Cc1ccc(C)c(OCC(O)CN2C(=O)NC(C)(C)C2=O)c1C. The zero-order chi connectivity index (χ0) is 17.4. The number of hydrogen-bond acceptors (Lipinski definition) is 4. The van der Waals surface area contributed by atoms with Crippen LogP contribution in [0, 0.1) is 20.8 Å². The smallest absolute Gasteiger partial charge is 0.325 e. The summed E-state index contributed by atoms with van der Waals surface area (Å²) in [5.74, 6) is 0.394. The predicted molar refractivity (Wildman–Crippen MR) is 86.5 cm³/mol. The number of aliphatic hydroxyl groups excluding tert-OH is 1. The second kappa shape index (κ2) is 6.20. The van der Waals surface area contributed by atoms with Crippen LogP contribution in [0.3, 0.4) is 0 Å². The normalized spacial score (nSPS) is 18.1. The van der Waals surface area contributed by atoms with Crippen molar-refractivity contribution in [2.45, 2.75) is 46.3 Å². The van der Waals surface area contributed by atoms with Gasteiger partial charge in [0.1, 0.15) is 24.0 Å². The van der Waals surface area contributed by atoms with Crippen molar-refractivity contribution >= 4 is 11.9 Å². The van der Waals surface area contributed by atoms with Gasteiger partial charge in [0.15, 0.2) is 0 Å². The number of amides is 3. The number of ether oxygens (including phenoxy) is 1. The number of rotatable bonds is 5. The first-order valence-electron chi connectivity index (χ1n) is 7.65. The average molecular weight is 320 g/mol. The highest BCUT2D eigenvalue weighted by atomic mass is 16.5. The minimum Gasteiger partial charge on any atom is -0.490 e. The molecule has 1 aromatic carbocycles. The lowest BCUT2D eigenvalue weighted by Gasteiger charge is -2.20. The van der Waals surface area contributed by atoms with Gasteiger partial charge in [-0.25, -0.2) is 4.79 Å². The summed E-state index contributed by atoms with van der Waals surface area (Å²) in [5.41, 5.74) is 2.18. The van der Waals surface area contributed by atoms with Crippen molar-refractivity contribution < 1.29 is 19.4 Å². The monoisotopic (exact) mass is 320 g/mol. The molecule has 1 aromatic rings. The number of carbonyl (C=O) groups excluding carboxylic acids is 2. The van der Waals surface area contributed by atoms with E-state index in [1.54, 1.807) is 13.8 Å². The fourth-order valence-electron chi connectivity index (χ4n) is 2.57. The van der Waals surface area contributed by atoms with Crippen LogP contribution in [0.4, 0.5) is 4.79 Å². The molecule has 0 aromatic heterocycles. The van der Waals surface area contributed by atoms with Crippen molar-refractivity contribution in [2.75, 3.05) is 13.2 Å². The third-order valence-corrected chi connectivity index (χ3v) is 4.13. The summed E-state index contributed by atoms with van der Waals surface area (Å²) in [4.78, 5) is 24.9. The van der Waals surface area contributed by atoms with Crippen molar-refractivity contribution in [1.29, 1.82) is 0 Å². The van der Waals surface area contributed by atoms with Crippen LogP contribution in [0.15, 0.2) is 12.1 Å². The van der Waals surface area contributed by atoms with Gasteiger partial charge in [-0.1, -0.05) is 12.1 Å². The van der Waals surface area contributed by atoms with E-state index in [2.05, 4.69) is 5.32 Å². The maximum absolute atomic E-state index is 12.1. The summed E-state index contributed by atoms with van der Waals surface area (Å²) >= 11 is 0. The topological polar surface area (TPSA) is 78.9 Å². The largest absolute Gasteiger partial charge is 0.490 e. The molecule has 0 saturated carbocycles. The van der Waals surface area contributed by atoms with Gasteiger partial charge in [-0.05, 0) is 51.3 Å². The number of hydrogen-bond donors (Lipinski definition) is 2. The number of imide groups is 1. The summed E-state index contributed by atoms with van der Waals surface area (Å²) in [6.07, 6.45) is -0.946. The zero-order valence-corrected chi connectivity index (χ0v) is 14.3. The molecular formula is C17H24N2O4. The van der Waals surface area contributed by atoms with Gasteiger partial charge >= 0.3 is 6.03 Å². The third kappa shape index (κ3) is 3.47. The van der Waals surface area contributed by atoms with E-state index < -0.39 is 17.7 Å². The Kier molecular flexibility index (Phi) is 4.66. The molecule has 126 valence electrons. The highest BCUT2D eigenvalue weighted by Gasteiger charge is 2.44. The van der Waals surface area contributed by atoms with E-state index in [1.165, 1.54) is 0 Å². The molecule has 0 aliphatic carbocycles. The van der Waals surface area contributed by atoms with Crippen LogP contribution in [0.1, 0.15) is 30.5 Å². The minimum atomic E-state index is -0.946. The molecule has 1 heterocycles. The van der Waals surface area contributed by atoms with Gasteiger partial charge in [0, 0.05) is 0 Å². The second-order valence-electron chi connectivity index (χ2n) is 6.59. The van der Waals surface area contributed by atoms with E-state index in [1.807, 2.05) is 32.9 Å². The zero-order valence-electron chi connectivity index (χ0n) is 14.3. The molecular weight excluding hydrogens is 296 g/mol. The van der Waals surface area contributed by atoms with Gasteiger partial charge < -0.3 is 15.2 Å². The van der Waals surface area contributed by atoms with Gasteiger partial charge in [-0.15, -0.1) is 0 Å². The second-order valence-corrected chi connectivity index (χ2v) is 6.59. The Hall–Kier alpha value is -2.08. The molecule has 6 nitrogen and oxygen atoms in total. The van der Waals surface area contributed by atoms with Crippen LogP contribution >= 0.6 is 0 Å². The van der Waals surface area contributed by atoms with Crippen molar-refractivity contribution in [1.82, 2.24) is 10.2 Å². The first-order chi connectivity index (χ1) is 10.6. The Morgan fingerprint density at radius 2 is 1.83 bits per heavy atom. The number of aliphatic hydroxyl groups is 1. The van der Waals surface area contributed by atoms with Gasteiger partial charge in [0.25, 0.3) is 5.91 Å². The predicted octanol–water partition coefficient (Wildman–Crippen LogP) is 1.68. The van der Waals surface area contributed by atoms with Gasteiger partial charge in [0.05, 0.1) is 6.54 Å². The van der Waals surface area contributed by atoms with Gasteiger partial charge in [-0.3, -0.25) is 9.69 Å². The number of benzene rings is 1. The van der Waals surface area contributed by atoms with E-state index in [-0.39, 0.29) is 19.1 Å². The van der Waals surface area contributed by atoms with Gasteiger partial charge in [0.2, 0.25) is 0 Å². The summed E-state index contributed by atoms with van der Waals surface area (Å²) in [6, 6.07) is 3.50. The number of aryl methyl sites for hydroxylation is 2. The Morgan fingerprint density at radius 3 is 2.39 bits per heavy atom.